The fourth-order valence-corrected chi connectivity index (χ4v) is 1.78. The number of nitrogens with one attached hydrogen (secondary N) is 1. The Kier molecular flexibility index (Phi) is 2.05. The first-order valence-electron chi connectivity index (χ1n) is 4.63. The van der Waals surface area contributed by atoms with Crippen molar-refractivity contribution in [3.8, 4) is 0 Å². The van der Waals surface area contributed by atoms with Crippen LogP contribution in [-0.2, 0) is 0 Å². The Bertz CT molecular complexity index is 316. The normalized spacial score (nSPS) is 26.8. The van der Waals surface area contributed by atoms with E-state index in [1.54, 1.807) is 0 Å². The lowest BCUT2D eigenvalue weighted by Gasteiger charge is -2.13. The molecule has 1 heterocycles. The third-order valence-corrected chi connectivity index (χ3v) is 2.38. The van der Waals surface area contributed by atoms with Crippen LogP contribution in [0.2, 0.25) is 0 Å². The minimum Gasteiger partial charge on any atom is -0.369 e. The van der Waals surface area contributed by atoms with E-state index in [9.17, 15) is 0 Å². The van der Waals surface area contributed by atoms with Crippen molar-refractivity contribution in [3.05, 3.63) is 35.9 Å². The van der Waals surface area contributed by atoms with E-state index in [1.165, 1.54) is 5.56 Å². The van der Waals surface area contributed by atoms with E-state index in [4.69, 9.17) is 0 Å². The van der Waals surface area contributed by atoms with Crippen LogP contribution in [0.1, 0.15) is 25.5 Å². The highest BCUT2D eigenvalue weighted by Gasteiger charge is 2.23. The van der Waals surface area contributed by atoms with Gasteiger partial charge in [0.25, 0.3) is 0 Å². The summed E-state index contributed by atoms with van der Waals surface area (Å²) in [6, 6.07) is 11.1. The lowest BCUT2D eigenvalue weighted by atomic mass is 10.0. The highest BCUT2D eigenvalue weighted by molar-refractivity contribution is 5.82. The highest BCUT2D eigenvalue weighted by Crippen LogP contribution is 2.24. The van der Waals surface area contributed by atoms with Crippen LogP contribution in [0.3, 0.4) is 0 Å². The summed E-state index contributed by atoms with van der Waals surface area (Å²) in [4.78, 5) is 4.55. The summed E-state index contributed by atoms with van der Waals surface area (Å²) in [6.45, 7) is 4.18. The van der Waals surface area contributed by atoms with Crippen molar-refractivity contribution >= 4 is 5.84 Å². The van der Waals surface area contributed by atoms with E-state index in [1.807, 2.05) is 13.0 Å². The van der Waals surface area contributed by atoms with Crippen LogP contribution in [0.5, 0.6) is 0 Å². The highest BCUT2D eigenvalue weighted by atomic mass is 15.1. The molecule has 2 atom stereocenters. The van der Waals surface area contributed by atoms with Gasteiger partial charge < -0.3 is 5.32 Å². The van der Waals surface area contributed by atoms with Gasteiger partial charge in [0, 0.05) is 0 Å². The zero-order valence-corrected chi connectivity index (χ0v) is 7.99. The molecule has 1 aliphatic heterocycles. The van der Waals surface area contributed by atoms with E-state index in [0.29, 0.717) is 12.1 Å². The van der Waals surface area contributed by atoms with Crippen LogP contribution in [0.25, 0.3) is 0 Å². The molecule has 0 fully saturated rings. The standard InChI is InChI=1S/C11H14N2/c1-8-11(13-9(2)12-8)10-6-4-3-5-7-10/h3-8,11H,1-2H3,(H,12,13). The average Bonchev–Trinajstić information content (AvgIpc) is 2.47. The Labute approximate surface area is 78.7 Å². The molecule has 1 aromatic rings. The van der Waals surface area contributed by atoms with Gasteiger partial charge in [0.1, 0.15) is 0 Å². The van der Waals surface area contributed by atoms with Crippen LogP contribution < -0.4 is 5.32 Å². The second kappa shape index (κ2) is 3.21. The zero-order valence-electron chi connectivity index (χ0n) is 7.99. The van der Waals surface area contributed by atoms with E-state index in [-0.39, 0.29) is 0 Å². The lowest BCUT2D eigenvalue weighted by Crippen LogP contribution is -2.26. The Morgan fingerprint density at radius 3 is 2.46 bits per heavy atom. The molecule has 0 spiro atoms. The van der Waals surface area contributed by atoms with Crippen molar-refractivity contribution in [2.75, 3.05) is 0 Å². The molecule has 1 N–H and O–H groups in total. The molecule has 0 amide bonds. The minimum atomic E-state index is 0.293. The predicted molar refractivity (Wildman–Crippen MR) is 54.9 cm³/mol. The van der Waals surface area contributed by atoms with E-state index in [2.05, 4.69) is 41.5 Å². The number of aliphatic imine (C=N–C) groups is 1. The maximum Gasteiger partial charge on any atom is 0.0967 e. The molecule has 13 heavy (non-hydrogen) atoms. The zero-order chi connectivity index (χ0) is 9.26. The topological polar surface area (TPSA) is 24.4 Å². The van der Waals surface area contributed by atoms with Crippen molar-refractivity contribution in [1.82, 2.24) is 5.32 Å². The smallest absolute Gasteiger partial charge is 0.0967 e. The van der Waals surface area contributed by atoms with Crippen molar-refractivity contribution in [2.24, 2.45) is 4.99 Å². The van der Waals surface area contributed by atoms with Crippen LogP contribution in [0, 0.1) is 0 Å². The van der Waals surface area contributed by atoms with Crippen molar-refractivity contribution in [2.45, 2.75) is 25.9 Å². The number of hydrogen-bond acceptors (Lipinski definition) is 2. The molecule has 2 nitrogen and oxygen atoms in total. The number of hydrogen-bond donors (Lipinski definition) is 1. The van der Waals surface area contributed by atoms with E-state index >= 15 is 0 Å². The maximum atomic E-state index is 4.55. The van der Waals surface area contributed by atoms with Crippen LogP contribution in [0.4, 0.5) is 0 Å². The van der Waals surface area contributed by atoms with Gasteiger partial charge in [0.15, 0.2) is 0 Å². The first-order valence-corrected chi connectivity index (χ1v) is 4.63. The molecule has 0 aromatic heterocycles. The molecule has 2 heteroatoms. The van der Waals surface area contributed by atoms with Gasteiger partial charge in [-0.1, -0.05) is 30.3 Å². The SMILES string of the molecule is CC1=NC(c2ccccc2)C(C)N1. The molecule has 2 rings (SSSR count). The molecular weight excluding hydrogens is 160 g/mol. The predicted octanol–water partition coefficient (Wildman–Crippen LogP) is 2.14. The summed E-state index contributed by atoms with van der Waals surface area (Å²) in [5.41, 5.74) is 1.29. The van der Waals surface area contributed by atoms with Crippen molar-refractivity contribution < 1.29 is 0 Å². The van der Waals surface area contributed by atoms with Gasteiger partial charge in [0.05, 0.1) is 17.9 Å². The van der Waals surface area contributed by atoms with Gasteiger partial charge in [-0.05, 0) is 19.4 Å². The molecular formula is C11H14N2. The first kappa shape index (κ1) is 8.30. The molecule has 0 saturated heterocycles. The average molecular weight is 174 g/mol. The number of amidine groups is 1. The summed E-state index contributed by atoms with van der Waals surface area (Å²) in [6.07, 6.45) is 0. The Morgan fingerprint density at radius 1 is 1.23 bits per heavy atom. The van der Waals surface area contributed by atoms with Crippen molar-refractivity contribution in [3.63, 3.8) is 0 Å². The first-order chi connectivity index (χ1) is 6.27. The summed E-state index contributed by atoms with van der Waals surface area (Å²) in [7, 11) is 0. The molecule has 68 valence electrons. The number of rotatable bonds is 1. The number of benzene rings is 1. The van der Waals surface area contributed by atoms with E-state index in [0.717, 1.165) is 5.84 Å². The van der Waals surface area contributed by atoms with Gasteiger partial charge in [-0.25, -0.2) is 0 Å². The van der Waals surface area contributed by atoms with E-state index < -0.39 is 0 Å². The third-order valence-electron chi connectivity index (χ3n) is 2.38. The van der Waals surface area contributed by atoms with Crippen LogP contribution in [0.15, 0.2) is 35.3 Å². The third kappa shape index (κ3) is 1.57. The summed E-state index contributed by atoms with van der Waals surface area (Å²) < 4.78 is 0. The van der Waals surface area contributed by atoms with Crippen LogP contribution >= 0.6 is 0 Å². The fourth-order valence-electron chi connectivity index (χ4n) is 1.78. The van der Waals surface area contributed by atoms with Crippen LogP contribution in [-0.4, -0.2) is 11.9 Å². The van der Waals surface area contributed by atoms with Gasteiger partial charge in [-0.3, -0.25) is 4.99 Å². The van der Waals surface area contributed by atoms with Crippen molar-refractivity contribution in [1.29, 1.82) is 0 Å². The fraction of sp³-hybridized carbons (Fsp3) is 0.364. The Hall–Kier alpha value is -1.31. The number of nitrogens with zero attached hydrogens (tertiary/aromatic N) is 1. The molecule has 1 aliphatic rings. The minimum absolute atomic E-state index is 0.293. The monoisotopic (exact) mass is 174 g/mol. The second-order valence-corrected chi connectivity index (χ2v) is 3.50. The van der Waals surface area contributed by atoms with Gasteiger partial charge >= 0.3 is 0 Å². The van der Waals surface area contributed by atoms with Gasteiger partial charge in [0.2, 0.25) is 0 Å². The lowest BCUT2D eigenvalue weighted by molar-refractivity contribution is 0.588. The second-order valence-electron chi connectivity index (χ2n) is 3.50. The summed E-state index contributed by atoms with van der Waals surface area (Å²) in [5, 5.41) is 3.32. The summed E-state index contributed by atoms with van der Waals surface area (Å²) in [5.74, 6) is 1.04. The maximum absolute atomic E-state index is 4.55. The Morgan fingerprint density at radius 2 is 1.92 bits per heavy atom. The van der Waals surface area contributed by atoms with Gasteiger partial charge in [-0.15, -0.1) is 0 Å². The molecule has 2 unspecified atom stereocenters. The van der Waals surface area contributed by atoms with Gasteiger partial charge in [-0.2, -0.15) is 0 Å². The molecule has 0 saturated carbocycles. The quantitative estimate of drug-likeness (QED) is 0.693. The molecule has 1 aromatic carbocycles. The molecule has 0 bridgehead atoms. The molecule has 0 aliphatic carbocycles. The molecule has 0 radical (unpaired) electrons. The largest absolute Gasteiger partial charge is 0.369 e. The Balaban J connectivity index is 2.27. The summed E-state index contributed by atoms with van der Waals surface area (Å²) >= 11 is 0.